The molecule has 0 saturated carbocycles. The topological polar surface area (TPSA) is 93.3 Å². The maximum atomic E-state index is 12.4. The van der Waals surface area contributed by atoms with E-state index < -0.39 is 11.9 Å². The van der Waals surface area contributed by atoms with Gasteiger partial charge in [0, 0.05) is 31.4 Å². The van der Waals surface area contributed by atoms with E-state index in [0.29, 0.717) is 32.6 Å². The number of aryl methyl sites for hydroxylation is 1. The van der Waals surface area contributed by atoms with Crippen molar-refractivity contribution in [3.05, 3.63) is 30.5 Å². The van der Waals surface area contributed by atoms with Gasteiger partial charge in [-0.3, -0.25) is 14.3 Å². The average molecular weight is 301 g/mol. The molecule has 2 amide bonds. The van der Waals surface area contributed by atoms with Gasteiger partial charge in [-0.05, 0) is 6.07 Å². The number of hydrogen-bond acceptors (Lipinski definition) is 4. The number of fused-ring (bicyclic) bond motifs is 1. The Balaban J connectivity index is 1.67. The first kappa shape index (κ1) is 14.5. The Morgan fingerprint density at radius 3 is 3.00 bits per heavy atom. The molecule has 22 heavy (non-hydrogen) atoms. The summed E-state index contributed by atoms with van der Waals surface area (Å²) in [5.74, 6) is -0.532. The minimum atomic E-state index is -0.560. The highest BCUT2D eigenvalue weighted by molar-refractivity contribution is 5.87. The van der Waals surface area contributed by atoms with Crippen molar-refractivity contribution in [2.45, 2.75) is 19.0 Å². The standard InChI is InChI=1S/C15H19N5O2/c16-15(22)13-10-17-6-8-19(13)14(21)5-7-20-12-4-2-1-3-11(12)9-18-20/h1-4,9,13,17H,5-8,10H2,(H2,16,22)/t13-/m0/s1. The first-order chi connectivity index (χ1) is 10.7. The molecule has 1 atom stereocenters. The zero-order chi connectivity index (χ0) is 15.5. The molecule has 0 radical (unpaired) electrons. The summed E-state index contributed by atoms with van der Waals surface area (Å²) in [5.41, 5.74) is 6.37. The Morgan fingerprint density at radius 2 is 2.18 bits per heavy atom. The van der Waals surface area contributed by atoms with Gasteiger partial charge in [-0.25, -0.2) is 0 Å². The van der Waals surface area contributed by atoms with Crippen molar-refractivity contribution in [1.82, 2.24) is 20.0 Å². The quantitative estimate of drug-likeness (QED) is 0.811. The summed E-state index contributed by atoms with van der Waals surface area (Å²) in [7, 11) is 0. The van der Waals surface area contributed by atoms with E-state index in [9.17, 15) is 9.59 Å². The normalized spacial score (nSPS) is 18.5. The van der Waals surface area contributed by atoms with Gasteiger partial charge in [0.05, 0.1) is 18.3 Å². The minimum absolute atomic E-state index is 0.0649. The SMILES string of the molecule is NC(=O)[C@@H]1CNCCN1C(=O)CCn1ncc2ccccc21. The van der Waals surface area contributed by atoms with Gasteiger partial charge in [-0.2, -0.15) is 5.10 Å². The van der Waals surface area contributed by atoms with Gasteiger partial charge in [0.2, 0.25) is 11.8 Å². The van der Waals surface area contributed by atoms with Gasteiger partial charge >= 0.3 is 0 Å². The molecule has 3 N–H and O–H groups in total. The lowest BCUT2D eigenvalue weighted by Crippen LogP contribution is -2.58. The van der Waals surface area contributed by atoms with Crippen LogP contribution in [0.1, 0.15) is 6.42 Å². The summed E-state index contributed by atoms with van der Waals surface area (Å²) in [6.07, 6.45) is 2.09. The predicted octanol–water partition coefficient (Wildman–Crippen LogP) is -0.288. The summed E-state index contributed by atoms with van der Waals surface area (Å²) in [6.45, 7) is 2.10. The maximum absolute atomic E-state index is 12.4. The molecule has 7 nitrogen and oxygen atoms in total. The zero-order valence-corrected chi connectivity index (χ0v) is 12.2. The molecule has 1 aliphatic heterocycles. The molecule has 2 heterocycles. The number of carbonyl (C=O) groups excluding carboxylic acids is 2. The van der Waals surface area contributed by atoms with Crippen molar-refractivity contribution in [2.24, 2.45) is 5.73 Å². The number of nitrogens with one attached hydrogen (secondary N) is 1. The number of carbonyl (C=O) groups is 2. The molecule has 1 fully saturated rings. The van der Waals surface area contributed by atoms with Crippen LogP contribution in [-0.4, -0.2) is 52.2 Å². The molecule has 7 heteroatoms. The van der Waals surface area contributed by atoms with Crippen LogP contribution in [0.25, 0.3) is 10.9 Å². The van der Waals surface area contributed by atoms with Crippen molar-refractivity contribution in [3.8, 4) is 0 Å². The third kappa shape index (κ3) is 2.80. The highest BCUT2D eigenvalue weighted by Crippen LogP contribution is 2.14. The molecule has 1 saturated heterocycles. The maximum Gasteiger partial charge on any atom is 0.241 e. The van der Waals surface area contributed by atoms with E-state index in [-0.39, 0.29) is 5.91 Å². The molecule has 1 aromatic carbocycles. The summed E-state index contributed by atoms with van der Waals surface area (Å²) < 4.78 is 1.81. The molecule has 0 unspecified atom stereocenters. The number of primary amides is 1. The van der Waals surface area contributed by atoms with Crippen LogP contribution in [0, 0.1) is 0 Å². The number of nitrogens with zero attached hydrogens (tertiary/aromatic N) is 3. The molecule has 1 aliphatic rings. The van der Waals surface area contributed by atoms with E-state index in [0.717, 1.165) is 10.9 Å². The number of amides is 2. The second-order valence-corrected chi connectivity index (χ2v) is 5.39. The lowest BCUT2D eigenvalue weighted by atomic mass is 10.1. The lowest BCUT2D eigenvalue weighted by Gasteiger charge is -2.34. The first-order valence-corrected chi connectivity index (χ1v) is 7.37. The number of benzene rings is 1. The van der Waals surface area contributed by atoms with Crippen molar-refractivity contribution in [3.63, 3.8) is 0 Å². The fraction of sp³-hybridized carbons (Fsp3) is 0.400. The van der Waals surface area contributed by atoms with Gasteiger partial charge in [0.1, 0.15) is 6.04 Å². The van der Waals surface area contributed by atoms with E-state index in [4.69, 9.17) is 5.73 Å². The smallest absolute Gasteiger partial charge is 0.241 e. The Kier molecular flexibility index (Phi) is 4.06. The second kappa shape index (κ2) is 6.15. The van der Waals surface area contributed by atoms with Crippen molar-refractivity contribution >= 4 is 22.7 Å². The third-order valence-corrected chi connectivity index (χ3v) is 3.98. The molecule has 1 aromatic heterocycles. The van der Waals surface area contributed by atoms with Crippen molar-refractivity contribution in [2.75, 3.05) is 19.6 Å². The van der Waals surface area contributed by atoms with Gasteiger partial charge in [-0.1, -0.05) is 18.2 Å². The van der Waals surface area contributed by atoms with Crippen LogP contribution in [0.3, 0.4) is 0 Å². The van der Waals surface area contributed by atoms with Crippen LogP contribution in [0.2, 0.25) is 0 Å². The second-order valence-electron chi connectivity index (χ2n) is 5.39. The number of para-hydroxylation sites is 1. The fourth-order valence-electron chi connectivity index (χ4n) is 2.81. The van der Waals surface area contributed by atoms with E-state index in [1.807, 2.05) is 28.9 Å². The highest BCUT2D eigenvalue weighted by atomic mass is 16.2. The van der Waals surface area contributed by atoms with Crippen LogP contribution in [0.4, 0.5) is 0 Å². The molecule has 116 valence electrons. The van der Waals surface area contributed by atoms with Crippen LogP contribution in [0.15, 0.2) is 30.5 Å². The first-order valence-electron chi connectivity index (χ1n) is 7.37. The number of piperazine rings is 1. The van der Waals surface area contributed by atoms with Gasteiger partial charge < -0.3 is 16.0 Å². The molecule has 0 bridgehead atoms. The molecule has 3 rings (SSSR count). The van der Waals surface area contributed by atoms with Gasteiger partial charge in [-0.15, -0.1) is 0 Å². The summed E-state index contributed by atoms with van der Waals surface area (Å²) in [5, 5.41) is 8.44. The fourth-order valence-corrected chi connectivity index (χ4v) is 2.81. The Labute approximate surface area is 128 Å². The number of rotatable bonds is 4. The molecule has 0 spiro atoms. The third-order valence-electron chi connectivity index (χ3n) is 3.98. The van der Waals surface area contributed by atoms with E-state index in [1.165, 1.54) is 0 Å². The average Bonchev–Trinajstić information content (AvgIpc) is 2.96. The van der Waals surface area contributed by atoms with E-state index in [1.54, 1.807) is 11.1 Å². The van der Waals surface area contributed by atoms with Crippen molar-refractivity contribution in [1.29, 1.82) is 0 Å². The summed E-state index contributed by atoms with van der Waals surface area (Å²) >= 11 is 0. The highest BCUT2D eigenvalue weighted by Gasteiger charge is 2.30. The monoisotopic (exact) mass is 301 g/mol. The Morgan fingerprint density at radius 1 is 1.36 bits per heavy atom. The predicted molar refractivity (Wildman–Crippen MR) is 81.9 cm³/mol. The van der Waals surface area contributed by atoms with Crippen LogP contribution >= 0.6 is 0 Å². The largest absolute Gasteiger partial charge is 0.368 e. The van der Waals surface area contributed by atoms with E-state index >= 15 is 0 Å². The summed E-state index contributed by atoms with van der Waals surface area (Å²) in [6, 6.07) is 7.30. The van der Waals surface area contributed by atoms with Crippen LogP contribution in [0.5, 0.6) is 0 Å². The van der Waals surface area contributed by atoms with Crippen LogP contribution in [-0.2, 0) is 16.1 Å². The molecular weight excluding hydrogens is 282 g/mol. The molecule has 0 aliphatic carbocycles. The number of nitrogens with two attached hydrogens (primary N) is 1. The van der Waals surface area contributed by atoms with E-state index in [2.05, 4.69) is 10.4 Å². The minimum Gasteiger partial charge on any atom is -0.368 e. The van der Waals surface area contributed by atoms with Gasteiger partial charge in [0.15, 0.2) is 0 Å². The molecular formula is C15H19N5O2. The van der Waals surface area contributed by atoms with Gasteiger partial charge in [0.25, 0.3) is 0 Å². The van der Waals surface area contributed by atoms with Crippen molar-refractivity contribution < 1.29 is 9.59 Å². The Hall–Kier alpha value is -2.41. The summed E-state index contributed by atoms with van der Waals surface area (Å²) in [4.78, 5) is 25.4. The Bertz CT molecular complexity index is 696. The lowest BCUT2D eigenvalue weighted by molar-refractivity contribution is -0.140. The zero-order valence-electron chi connectivity index (χ0n) is 12.2. The number of hydrogen-bond donors (Lipinski definition) is 2. The molecule has 2 aromatic rings. The number of aromatic nitrogens is 2. The van der Waals surface area contributed by atoms with Crippen LogP contribution < -0.4 is 11.1 Å².